The molecule has 22 heavy (non-hydrogen) atoms. The fourth-order valence-corrected chi connectivity index (χ4v) is 2.98. The zero-order valence-electron chi connectivity index (χ0n) is 11.7. The van der Waals surface area contributed by atoms with Gasteiger partial charge in [0.1, 0.15) is 5.52 Å². The molecule has 2 heterocycles. The van der Waals surface area contributed by atoms with Crippen LogP contribution in [0.25, 0.3) is 44.4 Å². The molecule has 104 valence electrons. The average Bonchev–Trinajstić information content (AvgIpc) is 3.14. The largest absolute Gasteiger partial charge is 0.436 e. The maximum absolute atomic E-state index is 5.93. The van der Waals surface area contributed by atoms with E-state index in [1.807, 2.05) is 42.5 Å². The topological polar surface area (TPSA) is 41.8 Å². The highest BCUT2D eigenvalue weighted by molar-refractivity contribution is 6.10. The molecule has 0 bridgehead atoms. The van der Waals surface area contributed by atoms with Crippen LogP contribution in [0.5, 0.6) is 0 Å². The third-order valence-corrected chi connectivity index (χ3v) is 4.04. The monoisotopic (exact) mass is 284 g/mol. The average molecular weight is 284 g/mol. The van der Waals surface area contributed by atoms with E-state index in [0.717, 1.165) is 27.7 Å². The van der Waals surface area contributed by atoms with E-state index < -0.39 is 0 Å². The number of oxazole rings is 1. The molecule has 5 rings (SSSR count). The molecule has 0 amide bonds. The van der Waals surface area contributed by atoms with Gasteiger partial charge in [0.25, 0.3) is 0 Å². The smallest absolute Gasteiger partial charge is 0.227 e. The Balaban J connectivity index is 1.81. The summed E-state index contributed by atoms with van der Waals surface area (Å²) >= 11 is 0. The van der Waals surface area contributed by atoms with Crippen LogP contribution in [0.15, 0.2) is 71.1 Å². The van der Waals surface area contributed by atoms with Crippen molar-refractivity contribution in [2.45, 2.75) is 0 Å². The molecule has 0 spiro atoms. The van der Waals surface area contributed by atoms with Gasteiger partial charge in [-0.2, -0.15) is 0 Å². The number of fused-ring (bicyclic) bond motifs is 4. The predicted molar refractivity (Wildman–Crippen MR) is 88.8 cm³/mol. The Morgan fingerprint density at radius 1 is 0.773 bits per heavy atom. The fourth-order valence-electron chi connectivity index (χ4n) is 2.98. The van der Waals surface area contributed by atoms with Gasteiger partial charge in [-0.15, -0.1) is 0 Å². The van der Waals surface area contributed by atoms with Gasteiger partial charge < -0.3 is 9.40 Å². The number of benzene rings is 3. The molecule has 2 aromatic heterocycles. The Kier molecular flexibility index (Phi) is 2.22. The van der Waals surface area contributed by atoms with Crippen LogP contribution in [0.3, 0.4) is 0 Å². The third kappa shape index (κ3) is 1.59. The summed E-state index contributed by atoms with van der Waals surface area (Å²) in [6.45, 7) is 0. The second-order valence-electron chi connectivity index (χ2n) is 5.42. The van der Waals surface area contributed by atoms with Crippen molar-refractivity contribution in [3.05, 3.63) is 66.7 Å². The number of aromatic amines is 1. The number of para-hydroxylation sites is 1. The summed E-state index contributed by atoms with van der Waals surface area (Å²) in [5.74, 6) is 0.660. The molecular formula is C19H12N2O. The van der Waals surface area contributed by atoms with Crippen LogP contribution in [0.1, 0.15) is 0 Å². The van der Waals surface area contributed by atoms with Crippen molar-refractivity contribution in [1.29, 1.82) is 0 Å². The van der Waals surface area contributed by atoms with E-state index in [1.54, 1.807) is 0 Å². The first-order chi connectivity index (χ1) is 10.9. The van der Waals surface area contributed by atoms with Crippen LogP contribution in [-0.4, -0.2) is 9.97 Å². The Bertz CT molecular complexity index is 1120. The summed E-state index contributed by atoms with van der Waals surface area (Å²) in [5.41, 5.74) is 4.89. The standard InChI is InChI=1S/C19H12N2O/c1-2-6-12(7-3-1)19-21-17-10-14-13-8-4-5-9-15(13)20-16(14)11-18(17)22-19/h1-11,20H. The SMILES string of the molecule is c1ccc(-c2nc3cc4c(cc3o2)[nH]c2ccccc24)cc1. The number of H-pyrrole nitrogens is 1. The molecule has 1 N–H and O–H groups in total. The van der Waals surface area contributed by atoms with E-state index in [4.69, 9.17) is 4.42 Å². The number of hydrogen-bond acceptors (Lipinski definition) is 2. The Morgan fingerprint density at radius 3 is 2.50 bits per heavy atom. The molecule has 0 aliphatic rings. The molecule has 0 aliphatic heterocycles. The summed E-state index contributed by atoms with van der Waals surface area (Å²) in [6, 6.07) is 22.4. The molecule has 3 aromatic carbocycles. The molecule has 3 nitrogen and oxygen atoms in total. The minimum Gasteiger partial charge on any atom is -0.436 e. The Morgan fingerprint density at radius 2 is 1.59 bits per heavy atom. The van der Waals surface area contributed by atoms with Crippen molar-refractivity contribution in [1.82, 2.24) is 9.97 Å². The van der Waals surface area contributed by atoms with Crippen LogP contribution in [-0.2, 0) is 0 Å². The summed E-state index contributed by atoms with van der Waals surface area (Å²) in [4.78, 5) is 8.07. The lowest BCUT2D eigenvalue weighted by Crippen LogP contribution is -1.74. The van der Waals surface area contributed by atoms with Gasteiger partial charge in [0.2, 0.25) is 5.89 Å². The van der Waals surface area contributed by atoms with Crippen molar-refractivity contribution in [3.8, 4) is 11.5 Å². The first kappa shape index (κ1) is 11.6. The first-order valence-electron chi connectivity index (χ1n) is 7.25. The zero-order chi connectivity index (χ0) is 14.5. The van der Waals surface area contributed by atoms with E-state index in [1.165, 1.54) is 10.8 Å². The Labute approximate surface area is 126 Å². The highest BCUT2D eigenvalue weighted by Crippen LogP contribution is 2.31. The van der Waals surface area contributed by atoms with Crippen molar-refractivity contribution in [3.63, 3.8) is 0 Å². The lowest BCUT2D eigenvalue weighted by molar-refractivity contribution is 0.620. The van der Waals surface area contributed by atoms with Crippen LogP contribution in [0, 0.1) is 0 Å². The molecular weight excluding hydrogens is 272 g/mol. The molecule has 0 saturated heterocycles. The minimum atomic E-state index is 0.660. The van der Waals surface area contributed by atoms with Gasteiger partial charge in [-0.1, -0.05) is 36.4 Å². The van der Waals surface area contributed by atoms with Crippen LogP contribution >= 0.6 is 0 Å². The summed E-state index contributed by atoms with van der Waals surface area (Å²) in [6.07, 6.45) is 0. The first-order valence-corrected chi connectivity index (χ1v) is 7.25. The maximum Gasteiger partial charge on any atom is 0.227 e. The second kappa shape index (κ2) is 4.21. The predicted octanol–water partition coefficient (Wildman–Crippen LogP) is 5.13. The van der Waals surface area contributed by atoms with E-state index >= 15 is 0 Å². The number of hydrogen-bond donors (Lipinski definition) is 1. The van der Waals surface area contributed by atoms with Crippen molar-refractivity contribution >= 4 is 32.9 Å². The summed E-state index contributed by atoms with van der Waals surface area (Å²) < 4.78 is 5.93. The number of rotatable bonds is 1. The summed E-state index contributed by atoms with van der Waals surface area (Å²) in [7, 11) is 0. The zero-order valence-corrected chi connectivity index (χ0v) is 11.7. The Hall–Kier alpha value is -3.07. The molecule has 0 unspecified atom stereocenters. The van der Waals surface area contributed by atoms with E-state index in [2.05, 4.69) is 34.2 Å². The normalized spacial score (nSPS) is 11.6. The van der Waals surface area contributed by atoms with Gasteiger partial charge in [-0.25, -0.2) is 4.98 Å². The van der Waals surface area contributed by atoms with E-state index in [0.29, 0.717) is 5.89 Å². The van der Waals surface area contributed by atoms with E-state index in [-0.39, 0.29) is 0 Å². The molecule has 0 fully saturated rings. The van der Waals surface area contributed by atoms with Crippen molar-refractivity contribution in [2.75, 3.05) is 0 Å². The van der Waals surface area contributed by atoms with Crippen molar-refractivity contribution in [2.24, 2.45) is 0 Å². The molecule has 0 atom stereocenters. The molecule has 0 radical (unpaired) electrons. The third-order valence-electron chi connectivity index (χ3n) is 4.04. The number of nitrogens with one attached hydrogen (secondary N) is 1. The number of nitrogens with zero attached hydrogens (tertiary/aromatic N) is 1. The molecule has 0 saturated carbocycles. The highest BCUT2D eigenvalue weighted by atomic mass is 16.3. The van der Waals surface area contributed by atoms with E-state index in [9.17, 15) is 0 Å². The van der Waals surface area contributed by atoms with Gasteiger partial charge in [0, 0.05) is 27.9 Å². The van der Waals surface area contributed by atoms with Crippen LogP contribution in [0.2, 0.25) is 0 Å². The quantitative estimate of drug-likeness (QED) is 0.463. The van der Waals surface area contributed by atoms with Crippen molar-refractivity contribution < 1.29 is 4.42 Å². The van der Waals surface area contributed by atoms with Gasteiger partial charge >= 0.3 is 0 Å². The van der Waals surface area contributed by atoms with Gasteiger partial charge in [0.05, 0.1) is 5.52 Å². The van der Waals surface area contributed by atoms with Gasteiger partial charge in [-0.3, -0.25) is 0 Å². The van der Waals surface area contributed by atoms with Gasteiger partial charge in [-0.05, 0) is 24.3 Å². The van der Waals surface area contributed by atoms with Gasteiger partial charge in [0.15, 0.2) is 5.58 Å². The number of aromatic nitrogens is 2. The minimum absolute atomic E-state index is 0.660. The summed E-state index contributed by atoms with van der Waals surface area (Å²) in [5, 5.41) is 2.39. The lowest BCUT2D eigenvalue weighted by Gasteiger charge is -1.91. The fraction of sp³-hybridized carbons (Fsp3) is 0. The maximum atomic E-state index is 5.93. The second-order valence-corrected chi connectivity index (χ2v) is 5.42. The molecule has 0 aliphatic carbocycles. The van der Waals surface area contributed by atoms with Crippen LogP contribution < -0.4 is 0 Å². The molecule has 3 heteroatoms. The van der Waals surface area contributed by atoms with Crippen LogP contribution in [0.4, 0.5) is 0 Å². The lowest BCUT2D eigenvalue weighted by atomic mass is 10.1. The highest BCUT2D eigenvalue weighted by Gasteiger charge is 2.11. The molecule has 5 aromatic rings.